The van der Waals surface area contributed by atoms with Crippen molar-refractivity contribution in [3.63, 3.8) is 0 Å². The van der Waals surface area contributed by atoms with Gasteiger partial charge in [0.1, 0.15) is 0 Å². The summed E-state index contributed by atoms with van der Waals surface area (Å²) >= 11 is 0. The summed E-state index contributed by atoms with van der Waals surface area (Å²) in [5.41, 5.74) is 1.27. The predicted octanol–water partition coefficient (Wildman–Crippen LogP) is 4.57. The minimum absolute atomic E-state index is 0.141. The lowest BCUT2D eigenvalue weighted by Gasteiger charge is -2.29. The zero-order valence-corrected chi connectivity index (χ0v) is 13.6. The maximum atomic E-state index is 5.81. The van der Waals surface area contributed by atoms with Gasteiger partial charge in [-0.3, -0.25) is 0 Å². The number of hydrogen-bond acceptors (Lipinski definition) is 2. The summed E-state index contributed by atoms with van der Waals surface area (Å²) in [5, 5.41) is 3.68. The summed E-state index contributed by atoms with van der Waals surface area (Å²) in [6.07, 6.45) is 5.01. The summed E-state index contributed by atoms with van der Waals surface area (Å²) in [4.78, 5) is 0. The van der Waals surface area contributed by atoms with E-state index in [4.69, 9.17) is 4.74 Å². The van der Waals surface area contributed by atoms with Gasteiger partial charge in [-0.25, -0.2) is 0 Å². The van der Waals surface area contributed by atoms with Crippen molar-refractivity contribution in [2.75, 3.05) is 13.7 Å². The van der Waals surface area contributed by atoms with Crippen molar-refractivity contribution in [1.82, 2.24) is 5.32 Å². The third kappa shape index (κ3) is 5.64. The van der Waals surface area contributed by atoms with Crippen LogP contribution in [0.15, 0.2) is 30.3 Å². The third-order valence-corrected chi connectivity index (χ3v) is 3.84. The molecule has 0 fully saturated rings. The smallest absolute Gasteiger partial charge is 0.0974 e. The lowest BCUT2D eigenvalue weighted by atomic mass is 9.91. The van der Waals surface area contributed by atoms with Crippen LogP contribution in [0.25, 0.3) is 0 Å². The summed E-state index contributed by atoms with van der Waals surface area (Å²) in [5.74, 6) is 0.732. The van der Waals surface area contributed by atoms with Gasteiger partial charge in [0.05, 0.1) is 6.10 Å². The molecule has 0 aromatic heterocycles. The fourth-order valence-electron chi connectivity index (χ4n) is 2.86. The molecule has 0 saturated heterocycles. The minimum atomic E-state index is 0.141. The second-order valence-corrected chi connectivity index (χ2v) is 5.76. The molecule has 0 bridgehead atoms. The second kappa shape index (κ2) is 9.95. The van der Waals surface area contributed by atoms with E-state index in [1.54, 1.807) is 0 Å². The van der Waals surface area contributed by atoms with Crippen LogP contribution in [0.2, 0.25) is 0 Å². The molecule has 1 N–H and O–H groups in total. The maximum absolute atomic E-state index is 5.81. The van der Waals surface area contributed by atoms with Crippen LogP contribution in [0, 0.1) is 5.92 Å². The van der Waals surface area contributed by atoms with Gasteiger partial charge in [0.15, 0.2) is 0 Å². The highest BCUT2D eigenvalue weighted by molar-refractivity contribution is 5.19. The number of benzene rings is 1. The Morgan fingerprint density at radius 1 is 1.10 bits per heavy atom. The molecule has 0 aliphatic rings. The first-order valence-electron chi connectivity index (χ1n) is 8.04. The van der Waals surface area contributed by atoms with Crippen LogP contribution >= 0.6 is 0 Å². The number of ether oxygens (including phenoxy) is 1. The fraction of sp³-hybridized carbons (Fsp3) is 0.667. The van der Waals surface area contributed by atoms with Crippen LogP contribution in [0.3, 0.4) is 0 Å². The van der Waals surface area contributed by atoms with Gasteiger partial charge in [0, 0.05) is 13.2 Å². The molecule has 0 heterocycles. The van der Waals surface area contributed by atoms with Crippen molar-refractivity contribution in [3.05, 3.63) is 35.9 Å². The molecular formula is C18H31NO. The van der Waals surface area contributed by atoms with Crippen LogP contribution in [0.5, 0.6) is 0 Å². The van der Waals surface area contributed by atoms with Crippen LogP contribution < -0.4 is 5.32 Å². The number of rotatable bonds is 10. The molecule has 20 heavy (non-hydrogen) atoms. The topological polar surface area (TPSA) is 21.3 Å². The van der Waals surface area contributed by atoms with E-state index in [9.17, 15) is 0 Å². The molecule has 0 radical (unpaired) electrons. The second-order valence-electron chi connectivity index (χ2n) is 5.76. The highest BCUT2D eigenvalue weighted by atomic mass is 16.5. The average molecular weight is 277 g/mol. The van der Waals surface area contributed by atoms with Gasteiger partial charge >= 0.3 is 0 Å². The lowest BCUT2D eigenvalue weighted by molar-refractivity contribution is 0.0593. The van der Waals surface area contributed by atoms with Gasteiger partial charge in [-0.15, -0.1) is 0 Å². The van der Waals surface area contributed by atoms with E-state index in [-0.39, 0.29) is 6.10 Å². The van der Waals surface area contributed by atoms with E-state index in [2.05, 4.69) is 56.4 Å². The normalized spacial score (nSPS) is 15.8. The maximum Gasteiger partial charge on any atom is 0.0974 e. The third-order valence-electron chi connectivity index (χ3n) is 3.84. The van der Waals surface area contributed by atoms with Crippen molar-refractivity contribution in [1.29, 1.82) is 0 Å². The summed E-state index contributed by atoms with van der Waals surface area (Å²) in [6.45, 7) is 7.87. The monoisotopic (exact) mass is 277 g/mol. The Labute approximate surface area is 124 Å². The van der Waals surface area contributed by atoms with E-state index in [1.165, 1.54) is 24.8 Å². The average Bonchev–Trinajstić information content (AvgIpc) is 2.46. The largest absolute Gasteiger partial charge is 0.375 e. The van der Waals surface area contributed by atoms with Crippen molar-refractivity contribution < 1.29 is 4.74 Å². The van der Waals surface area contributed by atoms with Crippen molar-refractivity contribution in [2.45, 2.75) is 58.6 Å². The summed E-state index contributed by atoms with van der Waals surface area (Å²) in [7, 11) is 1.82. The standard InChI is InChI=1S/C18H31NO/c1-5-10-15(3)14-17(19-13-6-2)18(20-4)16-11-8-7-9-12-16/h7-9,11-12,15,17-19H,5-6,10,13-14H2,1-4H3. The molecule has 0 saturated carbocycles. The molecule has 0 spiro atoms. The molecule has 1 rings (SSSR count). The molecule has 2 heteroatoms. The van der Waals surface area contributed by atoms with Gasteiger partial charge in [-0.1, -0.05) is 63.9 Å². The predicted molar refractivity (Wildman–Crippen MR) is 87.0 cm³/mol. The van der Waals surface area contributed by atoms with E-state index < -0.39 is 0 Å². The SMILES string of the molecule is CCCNC(CC(C)CCC)C(OC)c1ccccc1. The van der Waals surface area contributed by atoms with Crippen molar-refractivity contribution in [3.8, 4) is 0 Å². The Balaban J connectivity index is 2.77. The van der Waals surface area contributed by atoms with Crippen LogP contribution in [0.4, 0.5) is 0 Å². The fourth-order valence-corrected chi connectivity index (χ4v) is 2.86. The first kappa shape index (κ1) is 17.2. The number of hydrogen-bond donors (Lipinski definition) is 1. The summed E-state index contributed by atoms with van der Waals surface area (Å²) < 4.78 is 5.81. The number of nitrogens with one attached hydrogen (secondary N) is 1. The number of methoxy groups -OCH3 is 1. The van der Waals surface area contributed by atoms with Gasteiger partial charge < -0.3 is 10.1 Å². The lowest BCUT2D eigenvalue weighted by Crippen LogP contribution is -2.37. The van der Waals surface area contributed by atoms with E-state index in [0.717, 1.165) is 18.9 Å². The van der Waals surface area contributed by atoms with Gasteiger partial charge in [-0.05, 0) is 30.9 Å². The molecule has 1 aromatic rings. The van der Waals surface area contributed by atoms with Crippen LogP contribution in [0.1, 0.15) is 58.1 Å². The van der Waals surface area contributed by atoms with Gasteiger partial charge in [-0.2, -0.15) is 0 Å². The Bertz CT molecular complexity index is 339. The molecule has 0 aliphatic heterocycles. The molecule has 0 aliphatic carbocycles. The highest BCUT2D eigenvalue weighted by Crippen LogP contribution is 2.26. The van der Waals surface area contributed by atoms with Crippen LogP contribution in [-0.2, 0) is 4.74 Å². The van der Waals surface area contributed by atoms with Gasteiger partial charge in [0.2, 0.25) is 0 Å². The Morgan fingerprint density at radius 2 is 1.80 bits per heavy atom. The van der Waals surface area contributed by atoms with Crippen molar-refractivity contribution >= 4 is 0 Å². The molecular weight excluding hydrogens is 246 g/mol. The zero-order valence-electron chi connectivity index (χ0n) is 13.6. The molecule has 0 amide bonds. The van der Waals surface area contributed by atoms with E-state index in [0.29, 0.717) is 6.04 Å². The molecule has 1 aromatic carbocycles. The summed E-state index contributed by atoms with van der Waals surface area (Å²) in [6, 6.07) is 11.0. The zero-order chi connectivity index (χ0) is 14.8. The highest BCUT2D eigenvalue weighted by Gasteiger charge is 2.24. The van der Waals surface area contributed by atoms with Gasteiger partial charge in [0.25, 0.3) is 0 Å². The molecule has 3 unspecified atom stereocenters. The Kier molecular flexibility index (Phi) is 8.56. The quantitative estimate of drug-likeness (QED) is 0.676. The van der Waals surface area contributed by atoms with E-state index in [1.807, 2.05) is 7.11 Å². The minimum Gasteiger partial charge on any atom is -0.375 e. The molecule has 2 nitrogen and oxygen atoms in total. The van der Waals surface area contributed by atoms with Crippen LogP contribution in [-0.4, -0.2) is 19.7 Å². The Morgan fingerprint density at radius 3 is 2.35 bits per heavy atom. The molecule has 114 valence electrons. The Hall–Kier alpha value is -0.860. The van der Waals surface area contributed by atoms with Crippen molar-refractivity contribution in [2.24, 2.45) is 5.92 Å². The first-order valence-corrected chi connectivity index (χ1v) is 8.04. The first-order chi connectivity index (χ1) is 9.72. The van der Waals surface area contributed by atoms with E-state index >= 15 is 0 Å². The molecule has 3 atom stereocenters.